The van der Waals surface area contributed by atoms with E-state index in [9.17, 15) is 22.8 Å². The van der Waals surface area contributed by atoms with Gasteiger partial charge in [-0.05, 0) is 32.4 Å². The van der Waals surface area contributed by atoms with Gasteiger partial charge < -0.3 is 14.4 Å². The number of carbonyl (C=O) groups excluding carboxylic acids is 1. The third-order valence-corrected chi connectivity index (χ3v) is 3.86. The Balaban J connectivity index is 2.26. The van der Waals surface area contributed by atoms with Crippen LogP contribution in [0.5, 0.6) is 0 Å². The van der Waals surface area contributed by atoms with Gasteiger partial charge in [-0.1, -0.05) is 0 Å². The normalized spacial score (nSPS) is 21.6. The lowest BCUT2D eigenvalue weighted by Crippen LogP contribution is -2.49. The number of halogens is 3. The van der Waals surface area contributed by atoms with Gasteiger partial charge in [0.1, 0.15) is 0 Å². The van der Waals surface area contributed by atoms with Gasteiger partial charge in [0, 0.05) is 12.1 Å². The molecular weight excluding hydrogens is 291 g/mol. The summed E-state index contributed by atoms with van der Waals surface area (Å²) in [4.78, 5) is 24.0. The molecule has 0 bridgehead atoms. The van der Waals surface area contributed by atoms with Gasteiger partial charge in [-0.3, -0.25) is 4.79 Å². The quantitative estimate of drug-likeness (QED) is 0.912. The van der Waals surface area contributed by atoms with Crippen LogP contribution in [-0.4, -0.2) is 40.1 Å². The maximum Gasteiger partial charge on any atom is 0.394 e. The largest absolute Gasteiger partial charge is 0.475 e. The van der Waals surface area contributed by atoms with E-state index in [0.717, 1.165) is 17.0 Å². The molecule has 0 aliphatic carbocycles. The van der Waals surface area contributed by atoms with E-state index < -0.39 is 35.3 Å². The first-order valence-electron chi connectivity index (χ1n) is 6.27. The van der Waals surface area contributed by atoms with Crippen molar-refractivity contribution in [3.8, 4) is 0 Å². The van der Waals surface area contributed by atoms with Crippen molar-refractivity contribution in [2.75, 3.05) is 6.54 Å². The Morgan fingerprint density at radius 2 is 1.90 bits per heavy atom. The predicted molar refractivity (Wildman–Crippen MR) is 64.9 cm³/mol. The number of rotatable bonds is 2. The van der Waals surface area contributed by atoms with Crippen LogP contribution in [0.3, 0.4) is 0 Å². The third-order valence-electron chi connectivity index (χ3n) is 3.86. The molecule has 0 spiro atoms. The number of carbonyl (C=O) groups is 2. The van der Waals surface area contributed by atoms with E-state index in [1.807, 2.05) is 0 Å². The second kappa shape index (κ2) is 4.78. The number of likely N-dealkylation sites (tertiary alicyclic amines) is 1. The first-order valence-corrected chi connectivity index (χ1v) is 6.27. The molecule has 116 valence electrons. The molecule has 21 heavy (non-hydrogen) atoms. The van der Waals surface area contributed by atoms with E-state index in [4.69, 9.17) is 9.52 Å². The van der Waals surface area contributed by atoms with Gasteiger partial charge >= 0.3 is 12.1 Å². The van der Waals surface area contributed by atoms with Crippen molar-refractivity contribution in [3.63, 3.8) is 0 Å². The number of aromatic carboxylic acids is 1. The molecule has 1 atom stereocenters. The molecule has 5 nitrogen and oxygen atoms in total. The van der Waals surface area contributed by atoms with Crippen LogP contribution in [0.15, 0.2) is 16.5 Å². The van der Waals surface area contributed by atoms with Crippen LogP contribution < -0.4 is 0 Å². The van der Waals surface area contributed by atoms with Crippen LogP contribution in [0.25, 0.3) is 0 Å². The molecule has 0 saturated carbocycles. The van der Waals surface area contributed by atoms with Gasteiger partial charge in [0.15, 0.2) is 5.76 Å². The van der Waals surface area contributed by atoms with Crippen molar-refractivity contribution in [2.24, 2.45) is 5.92 Å². The fourth-order valence-corrected chi connectivity index (χ4v) is 2.72. The van der Waals surface area contributed by atoms with Gasteiger partial charge in [-0.15, -0.1) is 0 Å². The van der Waals surface area contributed by atoms with Crippen LogP contribution in [0.4, 0.5) is 13.2 Å². The van der Waals surface area contributed by atoms with Crippen molar-refractivity contribution < 1.29 is 32.3 Å². The number of furan rings is 1. The number of hydrogen-bond acceptors (Lipinski definition) is 3. The lowest BCUT2D eigenvalue weighted by Gasteiger charge is -2.36. The van der Waals surface area contributed by atoms with Gasteiger partial charge in [0.2, 0.25) is 5.76 Å². The highest BCUT2D eigenvalue weighted by atomic mass is 19.4. The molecule has 1 fully saturated rings. The van der Waals surface area contributed by atoms with Crippen LogP contribution >= 0.6 is 0 Å². The summed E-state index contributed by atoms with van der Waals surface area (Å²) in [6.45, 7) is 2.63. The third kappa shape index (κ3) is 2.62. The average molecular weight is 305 g/mol. The van der Waals surface area contributed by atoms with E-state index in [1.54, 1.807) is 0 Å². The highest BCUT2D eigenvalue weighted by molar-refractivity contribution is 5.94. The van der Waals surface area contributed by atoms with Crippen molar-refractivity contribution in [2.45, 2.75) is 32.0 Å². The standard InChI is InChI=1S/C13H14F3NO4/c1-12(2)9(13(14,15)16)5-6-17(12)10(18)7-3-4-8(21-7)11(19)20/h3-4,9H,5-6H2,1-2H3,(H,19,20). The minimum absolute atomic E-state index is 0.0564. The highest BCUT2D eigenvalue weighted by Crippen LogP contribution is 2.45. The van der Waals surface area contributed by atoms with Crippen molar-refractivity contribution >= 4 is 11.9 Å². The number of amides is 1. The van der Waals surface area contributed by atoms with Crippen molar-refractivity contribution in [3.05, 3.63) is 23.7 Å². The van der Waals surface area contributed by atoms with E-state index in [-0.39, 0.29) is 18.7 Å². The number of hydrogen-bond donors (Lipinski definition) is 1. The van der Waals surface area contributed by atoms with E-state index >= 15 is 0 Å². The molecule has 1 aliphatic rings. The fraction of sp³-hybridized carbons (Fsp3) is 0.538. The van der Waals surface area contributed by atoms with Gasteiger partial charge in [0.25, 0.3) is 5.91 Å². The zero-order valence-corrected chi connectivity index (χ0v) is 11.4. The monoisotopic (exact) mass is 305 g/mol. The van der Waals surface area contributed by atoms with Gasteiger partial charge in [-0.2, -0.15) is 13.2 Å². The molecule has 2 heterocycles. The second-order valence-electron chi connectivity index (χ2n) is 5.46. The topological polar surface area (TPSA) is 70.8 Å². The zero-order valence-electron chi connectivity index (χ0n) is 11.4. The predicted octanol–water partition coefficient (Wildman–Crippen LogP) is 2.78. The maximum absolute atomic E-state index is 13.0. The zero-order chi connectivity index (χ0) is 16.0. The minimum atomic E-state index is -4.39. The molecule has 1 aliphatic heterocycles. The summed E-state index contributed by atoms with van der Waals surface area (Å²) >= 11 is 0. The lowest BCUT2D eigenvalue weighted by atomic mass is 9.88. The minimum Gasteiger partial charge on any atom is -0.475 e. The summed E-state index contributed by atoms with van der Waals surface area (Å²) in [7, 11) is 0. The Bertz CT molecular complexity index is 576. The first-order chi connectivity index (χ1) is 9.55. The Morgan fingerprint density at radius 1 is 1.33 bits per heavy atom. The molecule has 1 saturated heterocycles. The Kier molecular flexibility index (Phi) is 3.51. The average Bonchev–Trinajstić information content (AvgIpc) is 2.90. The molecule has 1 N–H and O–H groups in total. The van der Waals surface area contributed by atoms with E-state index in [1.165, 1.54) is 13.8 Å². The summed E-state index contributed by atoms with van der Waals surface area (Å²) in [6.07, 6.45) is -4.58. The van der Waals surface area contributed by atoms with E-state index in [2.05, 4.69) is 0 Å². The molecule has 1 aromatic rings. The molecule has 0 aromatic carbocycles. The lowest BCUT2D eigenvalue weighted by molar-refractivity contribution is -0.189. The van der Waals surface area contributed by atoms with Crippen molar-refractivity contribution in [1.29, 1.82) is 0 Å². The van der Waals surface area contributed by atoms with Crippen LogP contribution in [0, 0.1) is 5.92 Å². The second-order valence-corrected chi connectivity index (χ2v) is 5.46. The molecule has 1 aromatic heterocycles. The number of nitrogens with zero attached hydrogens (tertiary/aromatic N) is 1. The summed E-state index contributed by atoms with van der Waals surface area (Å²) in [6, 6.07) is 2.25. The SMILES string of the molecule is CC1(C)C(C(F)(F)F)CCN1C(=O)c1ccc(C(=O)O)o1. The molecular formula is C13H14F3NO4. The Hall–Kier alpha value is -1.99. The summed E-state index contributed by atoms with van der Waals surface area (Å²) < 4.78 is 43.8. The summed E-state index contributed by atoms with van der Waals surface area (Å²) in [5.74, 6) is -4.41. The number of carboxylic acid groups (broad SMARTS) is 1. The number of carboxylic acids is 1. The van der Waals surface area contributed by atoms with Crippen LogP contribution in [0.1, 0.15) is 41.4 Å². The fourth-order valence-electron chi connectivity index (χ4n) is 2.72. The summed E-state index contributed by atoms with van der Waals surface area (Å²) in [5.41, 5.74) is -1.41. The Labute approximate surface area is 118 Å². The molecule has 1 unspecified atom stereocenters. The molecule has 8 heteroatoms. The van der Waals surface area contributed by atoms with Crippen LogP contribution in [0.2, 0.25) is 0 Å². The molecule has 1 amide bonds. The smallest absolute Gasteiger partial charge is 0.394 e. The van der Waals surface area contributed by atoms with Crippen LogP contribution in [-0.2, 0) is 0 Å². The molecule has 2 rings (SSSR count). The van der Waals surface area contributed by atoms with Gasteiger partial charge in [0.05, 0.1) is 5.92 Å². The van der Waals surface area contributed by atoms with Gasteiger partial charge in [-0.25, -0.2) is 4.79 Å². The number of alkyl halides is 3. The van der Waals surface area contributed by atoms with E-state index in [0.29, 0.717) is 0 Å². The first kappa shape index (κ1) is 15.4. The van der Waals surface area contributed by atoms with Crippen molar-refractivity contribution in [1.82, 2.24) is 4.90 Å². The highest BCUT2D eigenvalue weighted by Gasteiger charge is 2.56. The molecule has 0 radical (unpaired) electrons. The Morgan fingerprint density at radius 3 is 2.33 bits per heavy atom. The summed E-state index contributed by atoms with van der Waals surface area (Å²) in [5, 5.41) is 8.73. The maximum atomic E-state index is 13.0.